The number of hydrogen-bond acceptors (Lipinski definition) is 5. The average molecular weight is 474 g/mol. The van der Waals surface area contributed by atoms with Gasteiger partial charge in [0.15, 0.2) is 6.17 Å². The quantitative estimate of drug-likeness (QED) is 0.544. The number of anilines is 1. The summed E-state index contributed by atoms with van der Waals surface area (Å²) in [4.78, 5) is 26.3. The molecular weight excluding hydrogens is 459 g/mol. The van der Waals surface area contributed by atoms with E-state index in [0.29, 0.717) is 37.0 Å². The van der Waals surface area contributed by atoms with E-state index in [4.69, 9.17) is 39.6 Å². The molecule has 0 saturated heterocycles. The summed E-state index contributed by atoms with van der Waals surface area (Å²) in [5.41, 5.74) is 4.44. The van der Waals surface area contributed by atoms with Crippen LogP contribution in [0.25, 0.3) is 5.70 Å². The smallest absolute Gasteiger partial charge is 0.351 e. The maximum absolute atomic E-state index is 12.1. The van der Waals surface area contributed by atoms with Crippen LogP contribution in [-0.4, -0.2) is 18.5 Å². The van der Waals surface area contributed by atoms with Crippen LogP contribution in [-0.2, 0) is 4.84 Å². The summed E-state index contributed by atoms with van der Waals surface area (Å²) in [7, 11) is 0. The van der Waals surface area contributed by atoms with Crippen LogP contribution < -0.4 is 21.4 Å². The zero-order valence-electron chi connectivity index (χ0n) is 15.9. The Labute approximate surface area is 192 Å². The number of carbonyl (C=O) groups excluding carboxylic acids is 1. The number of halogens is 3. The summed E-state index contributed by atoms with van der Waals surface area (Å²) >= 11 is 18.5. The Bertz CT molecular complexity index is 1290. The van der Waals surface area contributed by atoms with E-state index >= 15 is 0 Å². The Morgan fingerprint density at radius 2 is 1.74 bits per heavy atom. The van der Waals surface area contributed by atoms with E-state index in [-0.39, 0.29) is 0 Å². The van der Waals surface area contributed by atoms with Crippen molar-refractivity contribution in [2.24, 2.45) is 9.98 Å². The van der Waals surface area contributed by atoms with Crippen molar-refractivity contribution < 1.29 is 9.63 Å². The van der Waals surface area contributed by atoms with Gasteiger partial charge in [-0.1, -0.05) is 59.1 Å². The summed E-state index contributed by atoms with van der Waals surface area (Å²) < 4.78 is 0. The van der Waals surface area contributed by atoms with Gasteiger partial charge in [-0.25, -0.2) is 4.79 Å². The van der Waals surface area contributed by atoms with Crippen LogP contribution in [0.2, 0.25) is 15.1 Å². The minimum Gasteiger partial charge on any atom is -0.351 e. The maximum Gasteiger partial charge on any atom is 0.430 e. The van der Waals surface area contributed by atoms with E-state index < -0.39 is 12.3 Å². The Hall–Kier alpha value is -2.90. The zero-order chi connectivity index (χ0) is 21.8. The minimum atomic E-state index is -0.731. The summed E-state index contributed by atoms with van der Waals surface area (Å²) in [5, 5.41) is 5.48. The molecule has 156 valence electrons. The number of aliphatic imine (C=N–C) groups is 1. The predicted molar refractivity (Wildman–Crippen MR) is 123 cm³/mol. The number of nitrogens with zero attached hydrogens (tertiary/aromatic N) is 2. The van der Waals surface area contributed by atoms with Crippen LogP contribution >= 0.6 is 34.8 Å². The average Bonchev–Trinajstić information content (AvgIpc) is 2.92. The topological polar surface area (TPSA) is 75.1 Å². The van der Waals surface area contributed by atoms with Crippen LogP contribution in [0.4, 0.5) is 10.5 Å². The molecule has 0 aromatic heterocycles. The molecule has 1 atom stereocenters. The largest absolute Gasteiger partial charge is 0.430 e. The van der Waals surface area contributed by atoms with Gasteiger partial charge in [0.2, 0.25) is 0 Å². The number of carbonyl (C=O) groups is 1. The van der Waals surface area contributed by atoms with E-state index in [2.05, 4.69) is 20.8 Å². The highest BCUT2D eigenvalue weighted by molar-refractivity contribution is 6.32. The maximum atomic E-state index is 12.1. The van der Waals surface area contributed by atoms with Crippen molar-refractivity contribution in [3.05, 3.63) is 97.9 Å². The normalized spacial score (nSPS) is 14.9. The van der Waals surface area contributed by atoms with Crippen molar-refractivity contribution in [1.29, 1.82) is 0 Å². The number of benzene rings is 3. The van der Waals surface area contributed by atoms with Gasteiger partial charge in [-0.05, 0) is 42.5 Å². The first-order chi connectivity index (χ1) is 15.0. The van der Waals surface area contributed by atoms with Crippen LogP contribution in [0.1, 0.15) is 5.56 Å². The summed E-state index contributed by atoms with van der Waals surface area (Å²) in [5.74, 6) is 0. The lowest BCUT2D eigenvalue weighted by Gasteiger charge is -2.10. The molecule has 9 heteroatoms. The number of amides is 1. The molecule has 0 aliphatic carbocycles. The third-order valence-corrected chi connectivity index (χ3v) is 5.11. The first-order valence-electron chi connectivity index (χ1n) is 9.15. The molecule has 4 rings (SSSR count). The van der Waals surface area contributed by atoms with Crippen molar-refractivity contribution in [2.75, 3.05) is 5.32 Å². The van der Waals surface area contributed by atoms with Crippen molar-refractivity contribution in [3.8, 4) is 0 Å². The fraction of sp³-hybridized carbons (Fsp3) is 0.0455. The lowest BCUT2D eigenvalue weighted by Crippen LogP contribution is -2.36. The second-order valence-corrected chi connectivity index (χ2v) is 7.76. The Morgan fingerprint density at radius 3 is 2.55 bits per heavy atom. The van der Waals surface area contributed by atoms with Crippen LogP contribution in [0, 0.1) is 0 Å². The Balaban J connectivity index is 1.59. The fourth-order valence-corrected chi connectivity index (χ4v) is 3.54. The molecule has 1 aliphatic rings. The molecule has 3 aromatic carbocycles. The number of hydroxylamine groups is 1. The molecule has 0 bridgehead atoms. The highest BCUT2D eigenvalue weighted by Gasteiger charge is 2.14. The van der Waals surface area contributed by atoms with Gasteiger partial charge in [0.05, 0.1) is 11.1 Å². The second-order valence-electron chi connectivity index (χ2n) is 6.48. The molecular formula is C22H15Cl3N4O2. The van der Waals surface area contributed by atoms with Gasteiger partial charge < -0.3 is 4.84 Å². The minimum absolute atomic E-state index is 0.495. The zero-order valence-corrected chi connectivity index (χ0v) is 18.1. The Morgan fingerprint density at radius 1 is 0.935 bits per heavy atom. The highest BCUT2D eigenvalue weighted by Crippen LogP contribution is 2.23. The first kappa shape index (κ1) is 21.3. The van der Waals surface area contributed by atoms with Gasteiger partial charge >= 0.3 is 6.09 Å². The van der Waals surface area contributed by atoms with Gasteiger partial charge in [-0.3, -0.25) is 15.3 Å². The molecule has 1 unspecified atom stereocenters. The van der Waals surface area contributed by atoms with E-state index in [1.807, 2.05) is 18.2 Å². The lowest BCUT2D eigenvalue weighted by atomic mass is 10.1. The van der Waals surface area contributed by atoms with Gasteiger partial charge in [-0.2, -0.15) is 0 Å². The molecule has 0 fully saturated rings. The van der Waals surface area contributed by atoms with E-state index in [9.17, 15) is 4.79 Å². The van der Waals surface area contributed by atoms with Crippen LogP contribution in [0.15, 0.2) is 76.7 Å². The van der Waals surface area contributed by atoms with E-state index in [1.54, 1.807) is 48.5 Å². The molecule has 0 radical (unpaired) electrons. The van der Waals surface area contributed by atoms with Crippen molar-refractivity contribution >= 4 is 58.5 Å². The molecule has 1 amide bonds. The molecule has 3 aromatic rings. The third kappa shape index (κ3) is 5.24. The second kappa shape index (κ2) is 9.49. The number of rotatable bonds is 4. The van der Waals surface area contributed by atoms with Gasteiger partial charge in [0.25, 0.3) is 0 Å². The molecule has 6 nitrogen and oxygen atoms in total. The first-order valence-corrected chi connectivity index (χ1v) is 10.3. The van der Waals surface area contributed by atoms with Gasteiger partial charge in [0.1, 0.15) is 0 Å². The molecule has 31 heavy (non-hydrogen) atoms. The lowest BCUT2D eigenvalue weighted by molar-refractivity contribution is 0.0952. The summed E-state index contributed by atoms with van der Waals surface area (Å²) in [6.45, 7) is 0. The molecule has 0 spiro atoms. The highest BCUT2D eigenvalue weighted by atomic mass is 35.5. The monoisotopic (exact) mass is 472 g/mol. The van der Waals surface area contributed by atoms with Gasteiger partial charge in [-0.15, -0.1) is 5.48 Å². The van der Waals surface area contributed by atoms with E-state index in [1.165, 1.54) is 6.21 Å². The predicted octanol–water partition coefficient (Wildman–Crippen LogP) is 4.59. The number of hydrogen-bond donors (Lipinski definition) is 2. The van der Waals surface area contributed by atoms with Crippen molar-refractivity contribution in [1.82, 2.24) is 5.48 Å². The molecule has 0 saturated carbocycles. The van der Waals surface area contributed by atoms with Crippen LogP contribution in [0.5, 0.6) is 0 Å². The van der Waals surface area contributed by atoms with E-state index in [0.717, 1.165) is 5.56 Å². The Kier molecular flexibility index (Phi) is 6.53. The fourth-order valence-electron chi connectivity index (χ4n) is 2.96. The summed E-state index contributed by atoms with van der Waals surface area (Å²) in [6.07, 6.45) is 0.0750. The molecule has 1 aliphatic heterocycles. The standard InChI is InChI=1S/C22H15Cl3N4O2/c23-13-4-3-5-15(10-13)27-22(30)31-29-20-12-26-21(16-6-1-2-7-18(16)25)17-11-14(24)8-9-19(17)28-20/h1-12,20,29H,(H,27,30). The third-order valence-electron chi connectivity index (χ3n) is 4.31. The number of nitrogens with one attached hydrogen (secondary N) is 2. The van der Waals surface area contributed by atoms with Crippen LogP contribution in [0.3, 0.4) is 0 Å². The van der Waals surface area contributed by atoms with Crippen molar-refractivity contribution in [3.63, 3.8) is 0 Å². The van der Waals surface area contributed by atoms with Crippen molar-refractivity contribution in [2.45, 2.75) is 6.17 Å². The molecule has 2 N–H and O–H groups in total. The molecule has 1 heterocycles. The number of fused-ring (bicyclic) bond motifs is 1. The summed E-state index contributed by atoms with van der Waals surface area (Å²) in [6, 6.07) is 19.3. The SMILES string of the molecule is O=C(Nc1cccc(Cl)c1)ONC1C=NC(c2ccccc2Cl)=c2cc(Cl)ccc2=N1. The van der Waals surface area contributed by atoms with Gasteiger partial charge in [0, 0.05) is 37.8 Å².